The van der Waals surface area contributed by atoms with E-state index in [0.717, 1.165) is 17.8 Å². The average molecular weight is 283 g/mol. The van der Waals surface area contributed by atoms with Crippen molar-refractivity contribution in [3.63, 3.8) is 0 Å². The van der Waals surface area contributed by atoms with Gasteiger partial charge in [0, 0.05) is 6.04 Å². The van der Waals surface area contributed by atoms with Gasteiger partial charge < -0.3 is 4.57 Å². The minimum Gasteiger partial charge on any atom is -0.324 e. The molecule has 1 aromatic heterocycles. The zero-order valence-corrected chi connectivity index (χ0v) is 12.6. The summed E-state index contributed by atoms with van der Waals surface area (Å²) in [6, 6.07) is 5.32. The summed E-state index contributed by atoms with van der Waals surface area (Å²) in [7, 11) is 0. The van der Waals surface area contributed by atoms with Crippen LogP contribution in [0, 0.1) is 11.7 Å². The van der Waals surface area contributed by atoms with E-state index in [9.17, 15) is 4.39 Å². The van der Waals surface area contributed by atoms with Crippen LogP contribution in [-0.4, -0.2) is 9.55 Å². The molecule has 2 nitrogen and oxygen atoms in total. The van der Waals surface area contributed by atoms with Gasteiger partial charge in [-0.3, -0.25) is 0 Å². The van der Waals surface area contributed by atoms with Gasteiger partial charge in [-0.1, -0.05) is 26.3 Å². The first-order valence-electron chi connectivity index (χ1n) is 6.77. The molecule has 19 heavy (non-hydrogen) atoms. The summed E-state index contributed by atoms with van der Waals surface area (Å²) in [5.41, 5.74) is 1.25. The Morgan fingerprint density at radius 1 is 1.32 bits per heavy atom. The molecule has 0 amide bonds. The minimum absolute atomic E-state index is 0.238. The number of benzene rings is 1. The Kier molecular flexibility index (Phi) is 4.14. The Morgan fingerprint density at radius 2 is 2.00 bits per heavy atom. The van der Waals surface area contributed by atoms with Gasteiger partial charge in [-0.05, 0) is 31.9 Å². The molecule has 1 aromatic carbocycles. The standard InChI is InChI=1S/C15H20ClFN2/c1-5-9(2)11(4)19-13-8-6-7-12(17)14(13)18-15(19)10(3)16/h6-11H,5H2,1-4H3. The first kappa shape index (κ1) is 14.3. The molecule has 4 heteroatoms. The zero-order chi connectivity index (χ0) is 14.2. The molecule has 0 aliphatic heterocycles. The van der Waals surface area contributed by atoms with Gasteiger partial charge in [0.1, 0.15) is 11.3 Å². The van der Waals surface area contributed by atoms with Gasteiger partial charge in [-0.15, -0.1) is 11.6 Å². The normalized spacial score (nSPS) is 16.5. The van der Waals surface area contributed by atoms with E-state index >= 15 is 0 Å². The Balaban J connectivity index is 2.69. The smallest absolute Gasteiger partial charge is 0.151 e. The minimum atomic E-state index is -0.286. The molecule has 0 radical (unpaired) electrons. The lowest BCUT2D eigenvalue weighted by Gasteiger charge is -2.23. The van der Waals surface area contributed by atoms with Gasteiger partial charge in [-0.25, -0.2) is 9.37 Å². The fourth-order valence-corrected chi connectivity index (χ4v) is 2.56. The summed E-state index contributed by atoms with van der Waals surface area (Å²) in [6.07, 6.45) is 1.06. The van der Waals surface area contributed by atoms with E-state index in [1.54, 1.807) is 6.07 Å². The van der Waals surface area contributed by atoms with Gasteiger partial charge in [0.2, 0.25) is 0 Å². The Hall–Kier alpha value is -1.09. The molecule has 0 spiro atoms. The van der Waals surface area contributed by atoms with Crippen LogP contribution in [0.2, 0.25) is 0 Å². The third-order valence-electron chi connectivity index (χ3n) is 3.93. The number of rotatable bonds is 4. The number of aromatic nitrogens is 2. The highest BCUT2D eigenvalue weighted by Gasteiger charge is 2.23. The first-order valence-corrected chi connectivity index (χ1v) is 7.21. The van der Waals surface area contributed by atoms with E-state index < -0.39 is 0 Å². The Labute approximate surface area is 118 Å². The van der Waals surface area contributed by atoms with E-state index in [1.807, 2.05) is 13.0 Å². The van der Waals surface area contributed by atoms with Crippen LogP contribution in [0.15, 0.2) is 18.2 Å². The molecule has 0 N–H and O–H groups in total. The van der Waals surface area contributed by atoms with Crippen LogP contribution in [0.5, 0.6) is 0 Å². The number of hydrogen-bond acceptors (Lipinski definition) is 1. The lowest BCUT2D eigenvalue weighted by Crippen LogP contribution is -2.16. The third kappa shape index (κ3) is 2.48. The van der Waals surface area contributed by atoms with Gasteiger partial charge in [0.25, 0.3) is 0 Å². The highest BCUT2D eigenvalue weighted by Crippen LogP contribution is 2.32. The van der Waals surface area contributed by atoms with E-state index in [2.05, 4.69) is 30.3 Å². The molecule has 2 aromatic rings. The number of alkyl halides is 1. The number of imidazole rings is 1. The topological polar surface area (TPSA) is 17.8 Å². The Morgan fingerprint density at radius 3 is 2.58 bits per heavy atom. The lowest BCUT2D eigenvalue weighted by molar-refractivity contribution is 0.369. The summed E-state index contributed by atoms with van der Waals surface area (Å²) in [5.74, 6) is 0.940. The summed E-state index contributed by atoms with van der Waals surface area (Å²) in [5, 5.41) is -0.238. The molecule has 0 fully saturated rings. The summed E-state index contributed by atoms with van der Waals surface area (Å²) >= 11 is 6.22. The monoisotopic (exact) mass is 282 g/mol. The van der Waals surface area contributed by atoms with Gasteiger partial charge in [-0.2, -0.15) is 0 Å². The molecule has 2 rings (SSSR count). The number of nitrogens with zero attached hydrogens (tertiary/aromatic N) is 2. The highest BCUT2D eigenvalue weighted by atomic mass is 35.5. The van der Waals surface area contributed by atoms with Gasteiger partial charge >= 0.3 is 0 Å². The van der Waals surface area contributed by atoms with Crippen molar-refractivity contribution in [1.29, 1.82) is 0 Å². The first-order chi connectivity index (χ1) is 8.97. The third-order valence-corrected chi connectivity index (χ3v) is 4.12. The second kappa shape index (κ2) is 5.49. The van der Waals surface area contributed by atoms with Crippen molar-refractivity contribution in [2.45, 2.75) is 45.5 Å². The van der Waals surface area contributed by atoms with Crippen LogP contribution in [0.1, 0.15) is 51.4 Å². The van der Waals surface area contributed by atoms with E-state index in [1.165, 1.54) is 6.07 Å². The van der Waals surface area contributed by atoms with Crippen LogP contribution in [0.4, 0.5) is 4.39 Å². The number of hydrogen-bond donors (Lipinski definition) is 0. The molecule has 0 saturated heterocycles. The fraction of sp³-hybridized carbons (Fsp3) is 0.533. The second-order valence-corrected chi connectivity index (χ2v) is 5.84. The lowest BCUT2D eigenvalue weighted by atomic mass is 10.0. The second-order valence-electron chi connectivity index (χ2n) is 5.19. The molecule has 1 heterocycles. The number of halogens is 2. The van der Waals surface area contributed by atoms with Gasteiger partial charge in [0.15, 0.2) is 5.82 Å². The van der Waals surface area contributed by atoms with Crippen LogP contribution in [0.3, 0.4) is 0 Å². The van der Waals surface area contributed by atoms with Crippen molar-refractivity contribution >= 4 is 22.6 Å². The summed E-state index contributed by atoms with van der Waals surface area (Å²) in [4.78, 5) is 4.41. The average Bonchev–Trinajstić information content (AvgIpc) is 2.78. The molecule has 0 saturated carbocycles. The summed E-state index contributed by atoms with van der Waals surface area (Å²) < 4.78 is 16.0. The van der Waals surface area contributed by atoms with E-state index in [4.69, 9.17) is 11.6 Å². The quantitative estimate of drug-likeness (QED) is 0.715. The van der Waals surface area contributed by atoms with Crippen molar-refractivity contribution < 1.29 is 4.39 Å². The van der Waals surface area contributed by atoms with Crippen LogP contribution >= 0.6 is 11.6 Å². The molecule has 0 bridgehead atoms. The molecule has 0 aliphatic carbocycles. The number of fused-ring (bicyclic) bond motifs is 1. The highest BCUT2D eigenvalue weighted by molar-refractivity contribution is 6.20. The maximum atomic E-state index is 13.9. The molecule has 0 aliphatic rings. The van der Waals surface area contributed by atoms with Gasteiger partial charge in [0.05, 0.1) is 10.9 Å². The maximum absolute atomic E-state index is 13.9. The van der Waals surface area contributed by atoms with Crippen LogP contribution in [-0.2, 0) is 0 Å². The van der Waals surface area contributed by atoms with E-state index in [-0.39, 0.29) is 17.2 Å². The molecular weight excluding hydrogens is 263 g/mol. The maximum Gasteiger partial charge on any atom is 0.151 e. The van der Waals surface area contributed by atoms with Crippen LogP contribution < -0.4 is 0 Å². The fourth-order valence-electron chi connectivity index (χ4n) is 2.41. The largest absolute Gasteiger partial charge is 0.324 e. The van der Waals surface area contributed by atoms with Crippen LogP contribution in [0.25, 0.3) is 11.0 Å². The van der Waals surface area contributed by atoms with Crippen molar-refractivity contribution in [2.24, 2.45) is 5.92 Å². The predicted octanol–water partition coefficient (Wildman–Crippen LogP) is 5.08. The molecule has 3 unspecified atom stereocenters. The molecule has 3 atom stereocenters. The van der Waals surface area contributed by atoms with Crippen molar-refractivity contribution in [1.82, 2.24) is 9.55 Å². The molecular formula is C15H20ClFN2. The summed E-state index contributed by atoms with van der Waals surface area (Å²) in [6.45, 7) is 8.37. The van der Waals surface area contributed by atoms with E-state index in [0.29, 0.717) is 11.4 Å². The Bertz CT molecular complexity index is 577. The van der Waals surface area contributed by atoms with Crippen molar-refractivity contribution in [3.05, 3.63) is 29.8 Å². The van der Waals surface area contributed by atoms with Crippen molar-refractivity contribution in [3.8, 4) is 0 Å². The molecule has 104 valence electrons. The number of para-hydroxylation sites is 1. The predicted molar refractivity (Wildman–Crippen MR) is 78.1 cm³/mol. The SMILES string of the molecule is CCC(C)C(C)n1c(C(C)Cl)nc2c(F)cccc21. The zero-order valence-electron chi connectivity index (χ0n) is 11.8. The van der Waals surface area contributed by atoms with Crippen molar-refractivity contribution in [2.75, 3.05) is 0 Å².